The summed E-state index contributed by atoms with van der Waals surface area (Å²) in [6.45, 7) is 11.8. The topological polar surface area (TPSA) is 33.3 Å². The first kappa shape index (κ1) is 19.0. The van der Waals surface area contributed by atoms with E-state index in [9.17, 15) is 0 Å². The molecule has 3 nitrogen and oxygen atoms in total. The SMILES string of the molecule is CC(C)CNCC1CC2CC(CC(C)CNCC3CC4C=CC3O4)C1C2. The van der Waals surface area contributed by atoms with Gasteiger partial charge in [-0.3, -0.25) is 0 Å². The van der Waals surface area contributed by atoms with Gasteiger partial charge < -0.3 is 15.4 Å². The van der Waals surface area contributed by atoms with Crippen LogP contribution in [0.2, 0.25) is 0 Å². The Kier molecular flexibility index (Phi) is 6.07. The minimum Gasteiger partial charge on any atom is -0.367 e. The molecule has 8 unspecified atom stereocenters. The van der Waals surface area contributed by atoms with Crippen molar-refractivity contribution in [3.8, 4) is 0 Å². The van der Waals surface area contributed by atoms with E-state index in [4.69, 9.17) is 4.74 Å². The van der Waals surface area contributed by atoms with Gasteiger partial charge in [0.2, 0.25) is 0 Å². The van der Waals surface area contributed by atoms with Gasteiger partial charge in [-0.15, -0.1) is 0 Å². The third-order valence-corrected chi connectivity index (χ3v) is 7.50. The van der Waals surface area contributed by atoms with Gasteiger partial charge in [-0.25, -0.2) is 0 Å². The van der Waals surface area contributed by atoms with Crippen LogP contribution in [0, 0.1) is 41.4 Å². The van der Waals surface area contributed by atoms with Crippen molar-refractivity contribution in [3.63, 3.8) is 0 Å². The van der Waals surface area contributed by atoms with E-state index in [1.807, 2.05) is 0 Å². The van der Waals surface area contributed by atoms with Crippen molar-refractivity contribution in [1.82, 2.24) is 10.6 Å². The lowest BCUT2D eigenvalue weighted by Crippen LogP contribution is -2.34. The molecule has 0 aromatic rings. The summed E-state index contributed by atoms with van der Waals surface area (Å²) in [5.41, 5.74) is 0. The average molecular weight is 361 g/mol. The second-order valence-corrected chi connectivity index (χ2v) is 10.3. The van der Waals surface area contributed by atoms with E-state index in [2.05, 4.69) is 43.6 Å². The van der Waals surface area contributed by atoms with E-state index in [1.165, 1.54) is 51.7 Å². The molecule has 2 aliphatic carbocycles. The van der Waals surface area contributed by atoms with Gasteiger partial charge in [-0.2, -0.15) is 0 Å². The fraction of sp³-hybridized carbons (Fsp3) is 0.913. The van der Waals surface area contributed by atoms with E-state index in [0.717, 1.165) is 42.1 Å². The predicted molar refractivity (Wildman–Crippen MR) is 108 cm³/mol. The van der Waals surface area contributed by atoms with Crippen molar-refractivity contribution in [2.75, 3.05) is 26.2 Å². The summed E-state index contributed by atoms with van der Waals surface area (Å²) in [5, 5.41) is 7.50. The quantitative estimate of drug-likeness (QED) is 0.581. The van der Waals surface area contributed by atoms with Crippen LogP contribution in [0.1, 0.15) is 52.9 Å². The molecule has 2 N–H and O–H groups in total. The number of fused-ring (bicyclic) bond motifs is 4. The molecule has 0 radical (unpaired) electrons. The highest BCUT2D eigenvalue weighted by atomic mass is 16.5. The number of hydrogen-bond donors (Lipinski definition) is 2. The van der Waals surface area contributed by atoms with Crippen molar-refractivity contribution in [1.29, 1.82) is 0 Å². The summed E-state index contributed by atoms with van der Waals surface area (Å²) in [6, 6.07) is 0. The molecule has 0 aromatic carbocycles. The van der Waals surface area contributed by atoms with Gasteiger partial charge >= 0.3 is 0 Å². The summed E-state index contributed by atoms with van der Waals surface area (Å²) >= 11 is 0. The first-order valence-corrected chi connectivity index (χ1v) is 11.3. The number of rotatable bonds is 10. The maximum absolute atomic E-state index is 5.89. The molecule has 3 fully saturated rings. The Morgan fingerprint density at radius 1 is 0.885 bits per heavy atom. The van der Waals surface area contributed by atoms with E-state index in [1.54, 1.807) is 0 Å². The maximum Gasteiger partial charge on any atom is 0.0806 e. The second-order valence-electron chi connectivity index (χ2n) is 10.3. The lowest BCUT2D eigenvalue weighted by Gasteiger charge is -2.32. The van der Waals surface area contributed by atoms with Crippen LogP contribution < -0.4 is 10.6 Å². The minimum atomic E-state index is 0.396. The van der Waals surface area contributed by atoms with Crippen LogP contribution in [-0.4, -0.2) is 38.4 Å². The summed E-state index contributed by atoms with van der Waals surface area (Å²) in [7, 11) is 0. The molecule has 0 aromatic heterocycles. The smallest absolute Gasteiger partial charge is 0.0806 e. The highest BCUT2D eigenvalue weighted by Gasteiger charge is 2.45. The van der Waals surface area contributed by atoms with Crippen molar-refractivity contribution in [3.05, 3.63) is 12.2 Å². The maximum atomic E-state index is 5.89. The summed E-state index contributed by atoms with van der Waals surface area (Å²) in [4.78, 5) is 0. The monoisotopic (exact) mass is 360 g/mol. The van der Waals surface area contributed by atoms with Gasteiger partial charge in [0.1, 0.15) is 0 Å². The molecule has 0 amide bonds. The average Bonchev–Trinajstić information content (AvgIpc) is 3.34. The molecule has 1 saturated heterocycles. The lowest BCUT2D eigenvalue weighted by molar-refractivity contribution is 0.108. The summed E-state index contributed by atoms with van der Waals surface area (Å²) in [5.74, 6) is 6.27. The Bertz CT molecular complexity index is 491. The predicted octanol–water partition coefficient (Wildman–Crippen LogP) is 3.85. The molecule has 0 spiro atoms. The van der Waals surface area contributed by atoms with Gasteiger partial charge in [0.25, 0.3) is 0 Å². The minimum absolute atomic E-state index is 0.396. The van der Waals surface area contributed by atoms with Crippen molar-refractivity contribution < 1.29 is 4.74 Å². The van der Waals surface area contributed by atoms with Crippen LogP contribution >= 0.6 is 0 Å². The van der Waals surface area contributed by atoms with Crippen LogP contribution in [0.15, 0.2) is 12.2 Å². The molecule has 4 rings (SSSR count). The van der Waals surface area contributed by atoms with Crippen LogP contribution in [0.5, 0.6) is 0 Å². The largest absolute Gasteiger partial charge is 0.367 e. The fourth-order valence-electron chi connectivity index (χ4n) is 6.39. The zero-order valence-electron chi connectivity index (χ0n) is 17.1. The molecule has 148 valence electrons. The molecule has 2 aliphatic heterocycles. The van der Waals surface area contributed by atoms with E-state index in [-0.39, 0.29) is 0 Å². The first-order valence-electron chi connectivity index (χ1n) is 11.3. The third-order valence-electron chi connectivity index (χ3n) is 7.50. The second kappa shape index (κ2) is 8.32. The van der Waals surface area contributed by atoms with Crippen LogP contribution in [0.25, 0.3) is 0 Å². The van der Waals surface area contributed by atoms with Crippen molar-refractivity contribution in [2.24, 2.45) is 41.4 Å². The molecule has 3 heteroatoms. The van der Waals surface area contributed by atoms with E-state index >= 15 is 0 Å². The zero-order chi connectivity index (χ0) is 18.1. The summed E-state index contributed by atoms with van der Waals surface area (Å²) in [6.07, 6.45) is 12.5. The third kappa shape index (κ3) is 4.36. The van der Waals surface area contributed by atoms with Gasteiger partial charge in [0, 0.05) is 12.5 Å². The molecule has 4 bridgehead atoms. The van der Waals surface area contributed by atoms with Gasteiger partial charge in [-0.05, 0) is 87.2 Å². The molecule has 4 aliphatic rings. The molecule has 8 atom stereocenters. The van der Waals surface area contributed by atoms with Gasteiger partial charge in [0.15, 0.2) is 0 Å². The van der Waals surface area contributed by atoms with E-state index < -0.39 is 0 Å². The molecule has 26 heavy (non-hydrogen) atoms. The van der Waals surface area contributed by atoms with Gasteiger partial charge in [0.05, 0.1) is 12.2 Å². The highest BCUT2D eigenvalue weighted by molar-refractivity contribution is 5.11. The van der Waals surface area contributed by atoms with Crippen molar-refractivity contribution >= 4 is 0 Å². The zero-order valence-corrected chi connectivity index (χ0v) is 17.1. The Balaban J connectivity index is 1.15. The fourth-order valence-corrected chi connectivity index (χ4v) is 6.39. The molecular weight excluding hydrogens is 320 g/mol. The molecule has 2 heterocycles. The standard InChI is InChI=1S/C23H40N2O/c1-15(2)11-24-13-19-8-17-7-18(22(19)9-17)6-16(3)12-25-14-20-10-21-4-5-23(20)26-21/h4-5,15-25H,6-14H2,1-3H3. The Hall–Kier alpha value is -0.380. The van der Waals surface area contributed by atoms with E-state index in [0.29, 0.717) is 18.1 Å². The normalized spacial score (nSPS) is 41.6. The number of hydrogen-bond acceptors (Lipinski definition) is 3. The molecule has 2 saturated carbocycles. The van der Waals surface area contributed by atoms with Gasteiger partial charge in [-0.1, -0.05) is 32.9 Å². The molecular formula is C23H40N2O. The number of nitrogens with one attached hydrogen (secondary N) is 2. The van der Waals surface area contributed by atoms with Crippen LogP contribution in [0.3, 0.4) is 0 Å². The lowest BCUT2D eigenvalue weighted by atomic mass is 9.76. The highest BCUT2D eigenvalue weighted by Crippen LogP contribution is 2.53. The van der Waals surface area contributed by atoms with Crippen LogP contribution in [0.4, 0.5) is 0 Å². The summed E-state index contributed by atoms with van der Waals surface area (Å²) < 4.78 is 5.89. The Labute approximate surface area is 160 Å². The first-order chi connectivity index (χ1) is 12.6. The Morgan fingerprint density at radius 2 is 1.65 bits per heavy atom. The number of ether oxygens (including phenoxy) is 1. The Morgan fingerprint density at radius 3 is 2.35 bits per heavy atom. The van der Waals surface area contributed by atoms with Crippen molar-refractivity contribution in [2.45, 2.75) is 65.1 Å². The van der Waals surface area contributed by atoms with Crippen LogP contribution in [-0.2, 0) is 4.74 Å².